The Kier molecular flexibility index (Phi) is 3.73. The molecule has 2 aromatic rings. The van der Waals surface area contributed by atoms with E-state index in [4.69, 9.17) is 11.6 Å². The summed E-state index contributed by atoms with van der Waals surface area (Å²) in [7, 11) is 0. The fourth-order valence-corrected chi connectivity index (χ4v) is 1.55. The summed E-state index contributed by atoms with van der Waals surface area (Å²) >= 11 is 5.75. The molecule has 1 amide bonds. The molecule has 1 aromatic carbocycles. The van der Waals surface area contributed by atoms with Crippen molar-refractivity contribution in [2.24, 2.45) is 0 Å². The average Bonchev–Trinajstić information content (AvgIpc) is 2.38. The van der Waals surface area contributed by atoms with Gasteiger partial charge in [-0.15, -0.1) is 0 Å². The fraction of sp³-hybridized carbons (Fsp3) is 0.0769. The van der Waals surface area contributed by atoms with Gasteiger partial charge in [0.15, 0.2) is 12.4 Å². The number of carbonyl (C=O) groups is 1. The summed E-state index contributed by atoms with van der Waals surface area (Å²) < 4.78 is 0. The molecular weight excluding hydrogens is 236 g/mol. The predicted octanol–water partition coefficient (Wildman–Crippen LogP) is 2.08. The first kappa shape index (κ1) is 11.6. The van der Waals surface area contributed by atoms with Crippen molar-refractivity contribution in [3.05, 3.63) is 64.9 Å². The molecule has 1 heterocycles. The van der Waals surface area contributed by atoms with E-state index < -0.39 is 0 Å². The van der Waals surface area contributed by atoms with Crippen LogP contribution in [0.4, 0.5) is 0 Å². The lowest BCUT2D eigenvalue weighted by molar-refractivity contribution is -0.378. The lowest BCUT2D eigenvalue weighted by atomic mass is 10.2. The van der Waals surface area contributed by atoms with Crippen LogP contribution in [0.5, 0.6) is 0 Å². The molecule has 2 rings (SSSR count). The summed E-state index contributed by atoms with van der Waals surface area (Å²) in [6.07, 6.45) is 3.65. The smallest absolute Gasteiger partial charge is 0.251 e. The lowest BCUT2D eigenvalue weighted by Gasteiger charge is -2.04. The Balaban J connectivity index is 1.96. The summed E-state index contributed by atoms with van der Waals surface area (Å²) in [6, 6.07) is 10.7. The minimum absolute atomic E-state index is 0.102. The number of pyridine rings is 1. The topological polar surface area (TPSA) is 43.2 Å². The molecule has 0 atom stereocenters. The van der Waals surface area contributed by atoms with Crippen LogP contribution in [0.3, 0.4) is 0 Å². The normalized spacial score (nSPS) is 9.94. The second kappa shape index (κ2) is 5.46. The molecule has 86 valence electrons. The number of benzene rings is 1. The van der Waals surface area contributed by atoms with Gasteiger partial charge >= 0.3 is 0 Å². The van der Waals surface area contributed by atoms with E-state index in [9.17, 15) is 4.79 Å². The van der Waals surface area contributed by atoms with E-state index >= 15 is 0 Å². The van der Waals surface area contributed by atoms with Gasteiger partial charge < -0.3 is 5.32 Å². The van der Waals surface area contributed by atoms with E-state index in [1.807, 2.05) is 24.5 Å². The number of H-pyrrole nitrogens is 1. The summed E-state index contributed by atoms with van der Waals surface area (Å²) in [6.45, 7) is 0.510. The number of aromatic amines is 1. The van der Waals surface area contributed by atoms with Crippen molar-refractivity contribution in [3.8, 4) is 0 Å². The number of hydrogen-bond donors (Lipinski definition) is 1. The quantitative estimate of drug-likeness (QED) is 0.887. The molecule has 4 heteroatoms. The highest BCUT2D eigenvalue weighted by Gasteiger charge is 2.04. The van der Waals surface area contributed by atoms with Crippen LogP contribution in [-0.4, -0.2) is 5.91 Å². The highest BCUT2D eigenvalue weighted by atomic mass is 35.5. The van der Waals surface area contributed by atoms with Crippen molar-refractivity contribution in [1.82, 2.24) is 5.32 Å². The van der Waals surface area contributed by atoms with Crippen LogP contribution in [0.1, 0.15) is 15.9 Å². The van der Waals surface area contributed by atoms with Crippen LogP contribution in [0.25, 0.3) is 0 Å². The van der Waals surface area contributed by atoms with Crippen molar-refractivity contribution >= 4 is 17.5 Å². The monoisotopic (exact) mass is 247 g/mol. The van der Waals surface area contributed by atoms with Crippen LogP contribution in [0.15, 0.2) is 48.8 Å². The van der Waals surface area contributed by atoms with E-state index in [-0.39, 0.29) is 5.91 Å². The first-order chi connectivity index (χ1) is 8.25. The molecule has 17 heavy (non-hydrogen) atoms. The third-order valence-corrected chi connectivity index (χ3v) is 2.60. The number of nitrogens with one attached hydrogen (secondary N) is 2. The van der Waals surface area contributed by atoms with Crippen LogP contribution in [0.2, 0.25) is 5.02 Å². The molecule has 1 aromatic heterocycles. The Labute approximate surface area is 104 Å². The zero-order valence-electron chi connectivity index (χ0n) is 9.11. The molecule has 0 saturated heterocycles. The number of hydrogen-bond acceptors (Lipinski definition) is 1. The minimum atomic E-state index is -0.102. The molecule has 0 aliphatic carbocycles. The van der Waals surface area contributed by atoms with Crippen molar-refractivity contribution in [2.45, 2.75) is 6.54 Å². The first-order valence-electron chi connectivity index (χ1n) is 5.24. The lowest BCUT2D eigenvalue weighted by Crippen LogP contribution is -2.22. The summed E-state index contributed by atoms with van der Waals surface area (Å²) in [5.74, 6) is -0.102. The Morgan fingerprint density at radius 2 is 1.76 bits per heavy atom. The van der Waals surface area contributed by atoms with Gasteiger partial charge in [0.1, 0.15) is 0 Å². The van der Waals surface area contributed by atoms with Gasteiger partial charge in [0.25, 0.3) is 5.91 Å². The molecule has 0 radical (unpaired) electrons. The minimum Gasteiger partial charge on any atom is -0.348 e. The standard InChI is InChI=1S/C13H11ClN2O/c14-12-3-1-11(2-4-12)13(17)16-9-10-5-7-15-8-6-10/h1-8H,9H2,(H,16,17)/p+1. The van der Waals surface area contributed by atoms with Gasteiger partial charge in [-0.2, -0.15) is 0 Å². The summed E-state index contributed by atoms with van der Waals surface area (Å²) in [4.78, 5) is 14.7. The van der Waals surface area contributed by atoms with Gasteiger partial charge in [-0.1, -0.05) is 11.6 Å². The van der Waals surface area contributed by atoms with E-state index in [1.165, 1.54) is 0 Å². The Hall–Kier alpha value is -1.87. The maximum absolute atomic E-state index is 11.8. The van der Waals surface area contributed by atoms with E-state index in [0.717, 1.165) is 5.56 Å². The Morgan fingerprint density at radius 1 is 1.12 bits per heavy atom. The second-order valence-corrected chi connectivity index (χ2v) is 4.03. The van der Waals surface area contributed by atoms with Gasteiger partial charge in [-0.05, 0) is 29.8 Å². The summed E-state index contributed by atoms with van der Waals surface area (Å²) in [5.41, 5.74) is 1.66. The van der Waals surface area contributed by atoms with Crippen LogP contribution < -0.4 is 10.3 Å². The second-order valence-electron chi connectivity index (χ2n) is 3.60. The van der Waals surface area contributed by atoms with Gasteiger partial charge in [-0.25, -0.2) is 4.98 Å². The van der Waals surface area contributed by atoms with Crippen LogP contribution >= 0.6 is 11.6 Å². The predicted molar refractivity (Wildman–Crippen MR) is 65.6 cm³/mol. The van der Waals surface area contributed by atoms with Gasteiger partial charge in [0.05, 0.1) is 0 Å². The number of aromatic nitrogens is 1. The highest BCUT2D eigenvalue weighted by Crippen LogP contribution is 2.09. The molecule has 2 N–H and O–H groups in total. The SMILES string of the molecule is O=C(NCc1cc[nH+]cc1)c1ccc(Cl)cc1. The number of amides is 1. The number of halogens is 1. The van der Waals surface area contributed by atoms with Crippen LogP contribution in [-0.2, 0) is 6.54 Å². The van der Waals surface area contributed by atoms with Crippen LogP contribution in [0, 0.1) is 0 Å². The molecule has 0 aliphatic heterocycles. The van der Waals surface area contributed by atoms with E-state index in [0.29, 0.717) is 17.1 Å². The number of rotatable bonds is 3. The zero-order valence-corrected chi connectivity index (χ0v) is 9.87. The molecule has 0 spiro atoms. The third-order valence-electron chi connectivity index (χ3n) is 2.35. The van der Waals surface area contributed by atoms with Gasteiger partial charge in [0, 0.05) is 29.3 Å². The molecule has 0 aliphatic rings. The largest absolute Gasteiger partial charge is 0.348 e. The molecular formula is C13H12ClN2O+. The van der Waals surface area contributed by atoms with Crippen molar-refractivity contribution < 1.29 is 9.78 Å². The maximum Gasteiger partial charge on any atom is 0.251 e. The Morgan fingerprint density at radius 3 is 2.41 bits per heavy atom. The fourth-order valence-electron chi connectivity index (χ4n) is 1.42. The Bertz CT molecular complexity index is 497. The van der Waals surface area contributed by atoms with E-state index in [2.05, 4.69) is 10.3 Å². The molecule has 0 bridgehead atoms. The van der Waals surface area contributed by atoms with Crippen molar-refractivity contribution in [3.63, 3.8) is 0 Å². The van der Waals surface area contributed by atoms with E-state index in [1.54, 1.807) is 24.3 Å². The number of carbonyl (C=O) groups excluding carboxylic acids is 1. The van der Waals surface area contributed by atoms with Gasteiger partial charge in [0.2, 0.25) is 0 Å². The molecule has 0 fully saturated rings. The maximum atomic E-state index is 11.8. The molecule has 0 saturated carbocycles. The van der Waals surface area contributed by atoms with Gasteiger partial charge in [-0.3, -0.25) is 4.79 Å². The first-order valence-corrected chi connectivity index (χ1v) is 5.62. The third kappa shape index (κ3) is 3.29. The zero-order chi connectivity index (χ0) is 12.1. The average molecular weight is 248 g/mol. The summed E-state index contributed by atoms with van der Waals surface area (Å²) in [5, 5.41) is 3.46. The van der Waals surface area contributed by atoms with Crippen molar-refractivity contribution in [2.75, 3.05) is 0 Å². The van der Waals surface area contributed by atoms with Crippen molar-refractivity contribution in [1.29, 1.82) is 0 Å². The molecule has 0 unspecified atom stereocenters. The molecule has 3 nitrogen and oxygen atoms in total. The highest BCUT2D eigenvalue weighted by molar-refractivity contribution is 6.30.